The minimum Gasteiger partial charge on any atom is -0.390 e. The van der Waals surface area contributed by atoms with Crippen LogP contribution in [0.1, 0.15) is 22.3 Å². The highest BCUT2D eigenvalue weighted by atomic mass is 16.6. The van der Waals surface area contributed by atoms with Crippen molar-refractivity contribution in [3.8, 4) is 0 Å². The molecular weight excluding hydrogens is 252 g/mol. The number of likely N-dealkylation sites (N-methyl/N-ethyl adjacent to an activating group) is 1. The number of benzene rings is 1. The van der Waals surface area contributed by atoms with E-state index in [0.717, 1.165) is 28.9 Å². The van der Waals surface area contributed by atoms with Crippen LogP contribution in [0, 0.1) is 26.7 Å². The Morgan fingerprint density at radius 2 is 1.90 bits per heavy atom. The lowest BCUT2D eigenvalue weighted by Gasteiger charge is -2.30. The molecule has 0 amide bonds. The van der Waals surface area contributed by atoms with Gasteiger partial charge in [-0.2, -0.15) is 0 Å². The SMILES string of the molecule is Cc1cc(C)c(C2=NOC3CN(C)CC(=O)C23)c(C)c1. The van der Waals surface area contributed by atoms with E-state index < -0.39 is 0 Å². The number of fused-ring (bicyclic) bond motifs is 1. The van der Waals surface area contributed by atoms with Gasteiger partial charge in [-0.1, -0.05) is 22.9 Å². The van der Waals surface area contributed by atoms with Crippen LogP contribution in [0.2, 0.25) is 0 Å². The van der Waals surface area contributed by atoms with Gasteiger partial charge in [-0.25, -0.2) is 0 Å². The number of hydrogen-bond acceptors (Lipinski definition) is 4. The first-order valence-corrected chi connectivity index (χ1v) is 7.00. The Bertz CT molecular complexity index is 583. The minimum atomic E-state index is -0.202. The molecular formula is C16H20N2O2. The summed E-state index contributed by atoms with van der Waals surface area (Å²) in [4.78, 5) is 19.9. The Balaban J connectivity index is 2.02. The van der Waals surface area contributed by atoms with E-state index in [1.807, 2.05) is 11.9 Å². The number of aryl methyl sites for hydroxylation is 3. The van der Waals surface area contributed by atoms with E-state index in [4.69, 9.17) is 4.84 Å². The maximum Gasteiger partial charge on any atom is 0.159 e. The van der Waals surface area contributed by atoms with Crippen LogP contribution >= 0.6 is 0 Å². The second kappa shape index (κ2) is 4.70. The third kappa shape index (κ3) is 2.04. The minimum absolute atomic E-state index is 0.128. The number of rotatable bonds is 1. The fourth-order valence-corrected chi connectivity index (χ4v) is 3.44. The average Bonchev–Trinajstić information content (AvgIpc) is 2.71. The van der Waals surface area contributed by atoms with Gasteiger partial charge in [0.1, 0.15) is 11.6 Å². The van der Waals surface area contributed by atoms with Gasteiger partial charge >= 0.3 is 0 Å². The van der Waals surface area contributed by atoms with Crippen molar-refractivity contribution in [2.75, 3.05) is 20.1 Å². The first-order chi connectivity index (χ1) is 9.47. The molecule has 1 aromatic rings. The zero-order valence-electron chi connectivity index (χ0n) is 12.4. The van der Waals surface area contributed by atoms with Gasteiger partial charge in [-0.05, 0) is 38.9 Å². The Labute approximate surface area is 119 Å². The zero-order chi connectivity index (χ0) is 14.4. The third-order valence-corrected chi connectivity index (χ3v) is 4.15. The molecule has 2 aliphatic rings. The summed E-state index contributed by atoms with van der Waals surface area (Å²) in [7, 11) is 1.94. The summed E-state index contributed by atoms with van der Waals surface area (Å²) >= 11 is 0. The summed E-state index contributed by atoms with van der Waals surface area (Å²) in [6.07, 6.45) is -0.128. The fourth-order valence-electron chi connectivity index (χ4n) is 3.44. The second-order valence-electron chi connectivity index (χ2n) is 6.03. The van der Waals surface area contributed by atoms with Crippen molar-refractivity contribution in [2.45, 2.75) is 26.9 Å². The molecule has 1 aromatic carbocycles. The molecule has 0 radical (unpaired) electrons. The Morgan fingerprint density at radius 3 is 2.55 bits per heavy atom. The molecule has 1 fully saturated rings. The Kier molecular flexibility index (Phi) is 3.13. The van der Waals surface area contributed by atoms with Crippen molar-refractivity contribution in [3.05, 3.63) is 34.4 Å². The highest BCUT2D eigenvalue weighted by Crippen LogP contribution is 2.31. The number of likely N-dealkylation sites (tertiary alicyclic amines) is 1. The van der Waals surface area contributed by atoms with Crippen LogP contribution in [-0.2, 0) is 9.63 Å². The molecule has 2 heterocycles. The van der Waals surface area contributed by atoms with Gasteiger partial charge < -0.3 is 4.84 Å². The zero-order valence-corrected chi connectivity index (χ0v) is 12.4. The number of nitrogens with zero attached hydrogens (tertiary/aromatic N) is 2. The molecule has 0 aromatic heterocycles. The lowest BCUT2D eigenvalue weighted by Crippen LogP contribution is -2.49. The number of Topliss-reactive ketones (excluding diaryl/α,β-unsaturated/α-hetero) is 1. The van der Waals surface area contributed by atoms with Gasteiger partial charge in [-0.15, -0.1) is 0 Å². The predicted molar refractivity (Wildman–Crippen MR) is 78.1 cm³/mol. The van der Waals surface area contributed by atoms with Crippen LogP contribution < -0.4 is 0 Å². The van der Waals surface area contributed by atoms with Crippen LogP contribution in [0.5, 0.6) is 0 Å². The van der Waals surface area contributed by atoms with E-state index in [1.54, 1.807) is 0 Å². The molecule has 4 heteroatoms. The summed E-state index contributed by atoms with van der Waals surface area (Å²) in [6, 6.07) is 4.27. The molecule has 4 nitrogen and oxygen atoms in total. The number of oxime groups is 1. The monoisotopic (exact) mass is 272 g/mol. The largest absolute Gasteiger partial charge is 0.390 e. The van der Waals surface area contributed by atoms with Crippen molar-refractivity contribution < 1.29 is 9.63 Å². The molecule has 0 aliphatic carbocycles. The molecule has 2 aliphatic heterocycles. The molecule has 0 spiro atoms. The van der Waals surface area contributed by atoms with Gasteiger partial charge in [-0.3, -0.25) is 9.69 Å². The number of carbonyl (C=O) groups excluding carboxylic acids is 1. The average molecular weight is 272 g/mol. The summed E-state index contributed by atoms with van der Waals surface area (Å²) in [6.45, 7) is 7.47. The molecule has 0 bridgehead atoms. The van der Waals surface area contributed by atoms with Gasteiger partial charge in [0, 0.05) is 12.1 Å². The van der Waals surface area contributed by atoms with Crippen LogP contribution in [0.3, 0.4) is 0 Å². The van der Waals surface area contributed by atoms with Crippen molar-refractivity contribution in [1.29, 1.82) is 0 Å². The first-order valence-electron chi connectivity index (χ1n) is 7.00. The molecule has 0 saturated carbocycles. The van der Waals surface area contributed by atoms with Crippen molar-refractivity contribution in [1.82, 2.24) is 4.90 Å². The lowest BCUT2D eigenvalue weighted by molar-refractivity contribution is -0.129. The normalized spacial score (nSPS) is 26.2. The van der Waals surface area contributed by atoms with E-state index in [1.165, 1.54) is 5.56 Å². The van der Waals surface area contributed by atoms with Gasteiger partial charge in [0.2, 0.25) is 0 Å². The third-order valence-electron chi connectivity index (χ3n) is 4.15. The first kappa shape index (κ1) is 13.3. The quantitative estimate of drug-likeness (QED) is 0.783. The van der Waals surface area contributed by atoms with E-state index in [9.17, 15) is 4.79 Å². The molecule has 0 N–H and O–H groups in total. The smallest absolute Gasteiger partial charge is 0.159 e. The number of piperidine rings is 1. The Hall–Kier alpha value is -1.68. The topological polar surface area (TPSA) is 41.9 Å². The second-order valence-corrected chi connectivity index (χ2v) is 6.03. The van der Waals surface area contributed by atoms with Crippen molar-refractivity contribution in [3.63, 3.8) is 0 Å². The molecule has 2 atom stereocenters. The molecule has 20 heavy (non-hydrogen) atoms. The number of hydrogen-bond donors (Lipinski definition) is 0. The van der Waals surface area contributed by atoms with E-state index >= 15 is 0 Å². The molecule has 106 valence electrons. The summed E-state index contributed by atoms with van der Waals surface area (Å²) in [5, 5.41) is 4.26. The standard InChI is InChI=1S/C16H20N2O2/c1-9-5-10(2)14(11(3)6-9)16-15-12(19)7-18(4)8-13(15)20-17-16/h5-6,13,15H,7-8H2,1-4H3. The molecule has 1 saturated heterocycles. The van der Waals surface area contributed by atoms with Crippen LogP contribution in [0.4, 0.5) is 0 Å². The lowest BCUT2D eigenvalue weighted by atomic mass is 9.82. The maximum absolute atomic E-state index is 12.4. The number of ketones is 1. The molecule has 2 unspecified atom stereocenters. The highest BCUT2D eigenvalue weighted by Gasteiger charge is 2.44. The van der Waals surface area contributed by atoms with Crippen LogP contribution in [-0.4, -0.2) is 42.6 Å². The Morgan fingerprint density at radius 1 is 1.25 bits per heavy atom. The summed E-state index contributed by atoms with van der Waals surface area (Å²) in [5.74, 6) is 0.00526. The van der Waals surface area contributed by atoms with Crippen LogP contribution in [0.15, 0.2) is 17.3 Å². The van der Waals surface area contributed by atoms with Gasteiger partial charge in [0.25, 0.3) is 0 Å². The predicted octanol–water partition coefficient (Wildman–Crippen LogP) is 1.85. The summed E-state index contributed by atoms with van der Waals surface area (Å²) < 4.78 is 0. The van der Waals surface area contributed by atoms with E-state index in [-0.39, 0.29) is 17.8 Å². The van der Waals surface area contributed by atoms with E-state index in [0.29, 0.717) is 6.54 Å². The van der Waals surface area contributed by atoms with Crippen molar-refractivity contribution >= 4 is 11.5 Å². The summed E-state index contributed by atoms with van der Waals surface area (Å²) in [5.41, 5.74) is 5.47. The highest BCUT2D eigenvalue weighted by molar-refractivity contribution is 6.16. The molecule has 3 rings (SSSR count). The van der Waals surface area contributed by atoms with E-state index in [2.05, 4.69) is 38.1 Å². The number of carbonyl (C=O) groups is 1. The van der Waals surface area contributed by atoms with Crippen molar-refractivity contribution in [2.24, 2.45) is 11.1 Å². The van der Waals surface area contributed by atoms with Crippen LogP contribution in [0.25, 0.3) is 0 Å². The maximum atomic E-state index is 12.4. The van der Waals surface area contributed by atoms with Gasteiger partial charge in [0.05, 0.1) is 6.54 Å². The fraction of sp³-hybridized carbons (Fsp3) is 0.500. The van der Waals surface area contributed by atoms with Gasteiger partial charge in [0.15, 0.2) is 11.9 Å².